The van der Waals surface area contributed by atoms with Crippen molar-refractivity contribution in [3.63, 3.8) is 0 Å². The second-order valence-electron chi connectivity index (χ2n) is 4.65. The van der Waals surface area contributed by atoms with Crippen LogP contribution in [0.4, 0.5) is 0 Å². The Labute approximate surface area is 115 Å². The van der Waals surface area contributed by atoms with Crippen LogP contribution in [-0.2, 0) is 5.41 Å². The monoisotopic (exact) mass is 300 g/mol. The number of aromatic nitrogens is 1. The van der Waals surface area contributed by atoms with E-state index in [-0.39, 0.29) is 0 Å². The average molecular weight is 301 g/mol. The Bertz CT molecular complexity index is 598. The number of halogens is 1. The summed E-state index contributed by atoms with van der Waals surface area (Å²) in [4.78, 5) is 4.40. The molecule has 2 rings (SSSR count). The number of nitriles is 1. The van der Waals surface area contributed by atoms with Gasteiger partial charge in [-0.2, -0.15) is 5.26 Å². The summed E-state index contributed by atoms with van der Waals surface area (Å²) in [5, 5.41) is 9.24. The molecule has 0 unspecified atom stereocenters. The molecule has 0 fully saturated rings. The van der Waals surface area contributed by atoms with Gasteiger partial charge in [0.15, 0.2) is 0 Å². The molecule has 3 heteroatoms. The fourth-order valence-electron chi connectivity index (χ4n) is 1.74. The summed E-state index contributed by atoms with van der Waals surface area (Å²) >= 11 is 3.47. The predicted molar refractivity (Wildman–Crippen MR) is 76.0 cm³/mol. The third-order valence-corrected chi connectivity index (χ3v) is 3.51. The molecule has 0 amide bonds. The van der Waals surface area contributed by atoms with Gasteiger partial charge in [0.1, 0.15) is 0 Å². The van der Waals surface area contributed by atoms with E-state index in [1.807, 2.05) is 50.2 Å². The normalized spacial score (nSPS) is 11.0. The Morgan fingerprint density at radius 2 is 1.89 bits per heavy atom. The smallest absolute Gasteiger partial charge is 0.0778 e. The van der Waals surface area contributed by atoms with Crippen LogP contribution in [0.25, 0.3) is 11.3 Å². The zero-order valence-corrected chi connectivity index (χ0v) is 11.9. The largest absolute Gasteiger partial charge is 0.255 e. The topological polar surface area (TPSA) is 36.7 Å². The highest BCUT2D eigenvalue weighted by Crippen LogP contribution is 2.31. The lowest BCUT2D eigenvalue weighted by Gasteiger charge is -2.18. The number of hydrogen-bond acceptors (Lipinski definition) is 2. The van der Waals surface area contributed by atoms with Crippen molar-refractivity contribution >= 4 is 15.9 Å². The summed E-state index contributed by atoms with van der Waals surface area (Å²) in [6.07, 6.45) is 1.76. The van der Waals surface area contributed by atoms with Gasteiger partial charge in [-0.3, -0.25) is 4.98 Å². The SMILES string of the molecule is CC(C)(C#N)c1cc(-c2ccccc2)ncc1Br. The first kappa shape index (κ1) is 12.8. The van der Waals surface area contributed by atoms with E-state index in [0.717, 1.165) is 21.3 Å². The van der Waals surface area contributed by atoms with Crippen LogP contribution in [0.5, 0.6) is 0 Å². The predicted octanol–water partition coefficient (Wildman–Crippen LogP) is 4.31. The van der Waals surface area contributed by atoms with E-state index < -0.39 is 5.41 Å². The molecule has 0 bridgehead atoms. The highest BCUT2D eigenvalue weighted by molar-refractivity contribution is 9.10. The molecule has 0 aliphatic heterocycles. The Hall–Kier alpha value is -1.66. The molecular formula is C15H13BrN2. The minimum atomic E-state index is -0.536. The summed E-state index contributed by atoms with van der Waals surface area (Å²) in [6.45, 7) is 3.81. The van der Waals surface area contributed by atoms with Crippen molar-refractivity contribution < 1.29 is 0 Å². The lowest BCUT2D eigenvalue weighted by Crippen LogP contribution is -2.15. The van der Waals surface area contributed by atoms with Crippen LogP contribution in [0.1, 0.15) is 19.4 Å². The van der Waals surface area contributed by atoms with Crippen LogP contribution in [0, 0.1) is 11.3 Å². The minimum absolute atomic E-state index is 0.536. The number of rotatable bonds is 2. The van der Waals surface area contributed by atoms with Gasteiger partial charge >= 0.3 is 0 Å². The van der Waals surface area contributed by atoms with E-state index in [1.165, 1.54) is 0 Å². The Kier molecular flexibility index (Phi) is 3.49. The van der Waals surface area contributed by atoms with Gasteiger partial charge in [0, 0.05) is 16.2 Å². The van der Waals surface area contributed by atoms with Gasteiger partial charge in [-0.25, -0.2) is 0 Å². The number of pyridine rings is 1. The van der Waals surface area contributed by atoms with Crippen molar-refractivity contribution in [1.29, 1.82) is 5.26 Å². The fourth-order valence-corrected chi connectivity index (χ4v) is 2.46. The van der Waals surface area contributed by atoms with Gasteiger partial charge in [0.2, 0.25) is 0 Å². The van der Waals surface area contributed by atoms with Gasteiger partial charge in [-0.15, -0.1) is 0 Å². The Morgan fingerprint density at radius 3 is 2.50 bits per heavy atom. The summed E-state index contributed by atoms with van der Waals surface area (Å²) in [5.74, 6) is 0. The van der Waals surface area contributed by atoms with Crippen LogP contribution in [0.2, 0.25) is 0 Å². The molecule has 0 radical (unpaired) electrons. The van der Waals surface area contributed by atoms with Crippen molar-refractivity contribution in [2.24, 2.45) is 0 Å². The molecule has 18 heavy (non-hydrogen) atoms. The molecule has 1 heterocycles. The van der Waals surface area contributed by atoms with Gasteiger partial charge < -0.3 is 0 Å². The summed E-state index contributed by atoms with van der Waals surface area (Å²) in [5.41, 5.74) is 2.36. The molecule has 0 aliphatic rings. The molecule has 2 aromatic rings. The Balaban J connectivity index is 2.56. The van der Waals surface area contributed by atoms with Crippen molar-refractivity contribution in [3.05, 3.63) is 52.6 Å². The zero-order chi connectivity index (χ0) is 13.2. The average Bonchev–Trinajstić information content (AvgIpc) is 2.40. The van der Waals surface area contributed by atoms with E-state index in [2.05, 4.69) is 27.0 Å². The first-order valence-corrected chi connectivity index (χ1v) is 6.46. The van der Waals surface area contributed by atoms with Crippen LogP contribution in [0.15, 0.2) is 47.1 Å². The fraction of sp³-hybridized carbons (Fsp3) is 0.200. The molecule has 0 saturated carbocycles. The lowest BCUT2D eigenvalue weighted by atomic mass is 9.86. The van der Waals surface area contributed by atoms with Crippen molar-refractivity contribution in [2.75, 3.05) is 0 Å². The van der Waals surface area contributed by atoms with Gasteiger partial charge in [-0.05, 0) is 41.4 Å². The summed E-state index contributed by atoms with van der Waals surface area (Å²) < 4.78 is 0.869. The Morgan fingerprint density at radius 1 is 1.22 bits per heavy atom. The lowest BCUT2D eigenvalue weighted by molar-refractivity contribution is 0.681. The molecule has 90 valence electrons. The second kappa shape index (κ2) is 4.91. The zero-order valence-electron chi connectivity index (χ0n) is 10.3. The molecule has 0 saturated heterocycles. The van der Waals surface area contributed by atoms with Crippen LogP contribution < -0.4 is 0 Å². The van der Waals surface area contributed by atoms with Gasteiger partial charge in [0.25, 0.3) is 0 Å². The third-order valence-electron chi connectivity index (χ3n) is 2.88. The molecule has 0 atom stereocenters. The highest BCUT2D eigenvalue weighted by Gasteiger charge is 2.23. The molecular weight excluding hydrogens is 288 g/mol. The van der Waals surface area contributed by atoms with Crippen molar-refractivity contribution in [3.8, 4) is 17.3 Å². The first-order chi connectivity index (χ1) is 8.54. The van der Waals surface area contributed by atoms with Crippen LogP contribution >= 0.6 is 15.9 Å². The molecule has 1 aromatic carbocycles. The molecule has 1 aromatic heterocycles. The van der Waals surface area contributed by atoms with E-state index in [4.69, 9.17) is 0 Å². The summed E-state index contributed by atoms with van der Waals surface area (Å²) in [7, 11) is 0. The van der Waals surface area contributed by atoms with Crippen LogP contribution in [0.3, 0.4) is 0 Å². The quantitative estimate of drug-likeness (QED) is 0.828. The maximum atomic E-state index is 9.24. The van der Waals surface area contributed by atoms with Gasteiger partial charge in [0.05, 0.1) is 17.2 Å². The number of benzene rings is 1. The maximum Gasteiger partial charge on any atom is 0.0778 e. The van der Waals surface area contributed by atoms with Crippen molar-refractivity contribution in [1.82, 2.24) is 4.98 Å². The molecule has 2 nitrogen and oxygen atoms in total. The standard InChI is InChI=1S/C15H13BrN2/c1-15(2,10-17)12-8-14(18-9-13(12)16)11-6-4-3-5-7-11/h3-9H,1-2H3. The molecule has 0 aliphatic carbocycles. The first-order valence-electron chi connectivity index (χ1n) is 5.67. The van der Waals surface area contributed by atoms with E-state index >= 15 is 0 Å². The van der Waals surface area contributed by atoms with E-state index in [9.17, 15) is 5.26 Å². The highest BCUT2D eigenvalue weighted by atomic mass is 79.9. The molecule has 0 N–H and O–H groups in total. The van der Waals surface area contributed by atoms with E-state index in [1.54, 1.807) is 6.20 Å². The summed E-state index contributed by atoms with van der Waals surface area (Å²) in [6, 6.07) is 14.3. The van der Waals surface area contributed by atoms with Crippen LogP contribution in [-0.4, -0.2) is 4.98 Å². The second-order valence-corrected chi connectivity index (χ2v) is 5.51. The van der Waals surface area contributed by atoms with E-state index in [0.29, 0.717) is 0 Å². The minimum Gasteiger partial charge on any atom is -0.255 e. The number of nitrogens with zero attached hydrogens (tertiary/aromatic N) is 2. The van der Waals surface area contributed by atoms with Crippen molar-refractivity contribution in [2.45, 2.75) is 19.3 Å². The van der Waals surface area contributed by atoms with Gasteiger partial charge in [-0.1, -0.05) is 30.3 Å². The number of hydrogen-bond donors (Lipinski definition) is 0. The third kappa shape index (κ3) is 2.44. The molecule has 0 spiro atoms. The maximum absolute atomic E-state index is 9.24.